The van der Waals surface area contributed by atoms with Gasteiger partial charge in [0.2, 0.25) is 11.8 Å². The Hall–Kier alpha value is -1.10. The lowest BCUT2D eigenvalue weighted by atomic mass is 9.96. The third kappa shape index (κ3) is 4.43. The summed E-state index contributed by atoms with van der Waals surface area (Å²) in [5.41, 5.74) is 0. The molecule has 21 heavy (non-hydrogen) atoms. The number of hydrogen-bond donors (Lipinski definition) is 2. The first-order valence-corrected chi connectivity index (χ1v) is 8.41. The van der Waals surface area contributed by atoms with Gasteiger partial charge < -0.3 is 15.5 Å². The monoisotopic (exact) mass is 295 g/mol. The topological polar surface area (TPSA) is 61.4 Å². The molecule has 0 aromatic heterocycles. The second-order valence-corrected chi connectivity index (χ2v) is 6.50. The van der Waals surface area contributed by atoms with Gasteiger partial charge in [0.15, 0.2) is 0 Å². The van der Waals surface area contributed by atoms with Crippen LogP contribution in [0.1, 0.15) is 46.0 Å². The van der Waals surface area contributed by atoms with Crippen LogP contribution in [0, 0.1) is 11.8 Å². The summed E-state index contributed by atoms with van der Waals surface area (Å²) in [6.07, 6.45) is 5.06. The smallest absolute Gasteiger partial charge is 0.237 e. The van der Waals surface area contributed by atoms with Crippen LogP contribution in [0.15, 0.2) is 0 Å². The van der Waals surface area contributed by atoms with Crippen LogP contribution in [0.5, 0.6) is 0 Å². The molecule has 0 aromatic rings. The molecule has 2 rings (SSSR count). The molecule has 0 aromatic carbocycles. The summed E-state index contributed by atoms with van der Waals surface area (Å²) in [5.74, 6) is 0.905. The molecule has 120 valence electrons. The van der Waals surface area contributed by atoms with E-state index in [1.807, 2.05) is 11.8 Å². The quantitative estimate of drug-likeness (QED) is 0.799. The van der Waals surface area contributed by atoms with Crippen LogP contribution < -0.4 is 10.6 Å². The van der Waals surface area contributed by atoms with Crippen molar-refractivity contribution in [2.45, 2.75) is 52.0 Å². The summed E-state index contributed by atoms with van der Waals surface area (Å²) in [6.45, 7) is 7.36. The van der Waals surface area contributed by atoms with Gasteiger partial charge in [0.05, 0.1) is 6.04 Å². The molecule has 5 heteroatoms. The van der Waals surface area contributed by atoms with E-state index in [4.69, 9.17) is 0 Å². The molecule has 0 aliphatic carbocycles. The van der Waals surface area contributed by atoms with Gasteiger partial charge in [0.25, 0.3) is 0 Å². The van der Waals surface area contributed by atoms with Crippen molar-refractivity contribution in [3.8, 4) is 0 Å². The van der Waals surface area contributed by atoms with Gasteiger partial charge in [0.1, 0.15) is 0 Å². The van der Waals surface area contributed by atoms with Crippen molar-refractivity contribution in [1.29, 1.82) is 0 Å². The number of rotatable bonds is 5. The maximum atomic E-state index is 12.3. The maximum Gasteiger partial charge on any atom is 0.237 e. The number of carbonyl (C=O) groups excluding carboxylic acids is 2. The molecule has 0 spiro atoms. The number of nitrogens with one attached hydrogen (secondary N) is 2. The number of piperidine rings is 1. The van der Waals surface area contributed by atoms with Crippen LogP contribution in [-0.4, -0.2) is 48.9 Å². The number of amides is 2. The third-order valence-electron chi connectivity index (χ3n) is 4.81. The Kier molecular flexibility index (Phi) is 6.03. The average molecular weight is 295 g/mol. The van der Waals surface area contributed by atoms with Gasteiger partial charge in [-0.2, -0.15) is 0 Å². The van der Waals surface area contributed by atoms with E-state index in [1.54, 1.807) is 0 Å². The SMILES string of the molecule is CCC(C)C(=O)N1CCCC(CNC(=O)C2CCCN2)C1. The van der Waals surface area contributed by atoms with Crippen molar-refractivity contribution in [2.75, 3.05) is 26.2 Å². The lowest BCUT2D eigenvalue weighted by molar-refractivity contribution is -0.136. The van der Waals surface area contributed by atoms with Gasteiger partial charge in [-0.05, 0) is 44.6 Å². The zero-order valence-electron chi connectivity index (χ0n) is 13.4. The van der Waals surface area contributed by atoms with E-state index in [0.717, 1.165) is 51.7 Å². The van der Waals surface area contributed by atoms with Gasteiger partial charge in [-0.25, -0.2) is 0 Å². The molecule has 0 bridgehead atoms. The predicted molar refractivity (Wildman–Crippen MR) is 82.8 cm³/mol. The fourth-order valence-corrected chi connectivity index (χ4v) is 3.19. The predicted octanol–water partition coefficient (Wildman–Crippen LogP) is 1.14. The molecule has 2 aliphatic heterocycles. The molecule has 3 unspecified atom stereocenters. The summed E-state index contributed by atoms with van der Waals surface area (Å²) in [4.78, 5) is 26.2. The van der Waals surface area contributed by atoms with E-state index in [0.29, 0.717) is 12.5 Å². The van der Waals surface area contributed by atoms with E-state index >= 15 is 0 Å². The first-order valence-electron chi connectivity index (χ1n) is 8.41. The summed E-state index contributed by atoms with van der Waals surface area (Å²) >= 11 is 0. The standard InChI is InChI=1S/C16H29N3O2/c1-3-12(2)16(21)19-9-5-6-13(11-19)10-18-15(20)14-7-4-8-17-14/h12-14,17H,3-11H2,1-2H3,(H,18,20). The fraction of sp³-hybridized carbons (Fsp3) is 0.875. The van der Waals surface area contributed by atoms with Crippen LogP contribution in [0.3, 0.4) is 0 Å². The van der Waals surface area contributed by atoms with Crippen molar-refractivity contribution in [2.24, 2.45) is 11.8 Å². The fourth-order valence-electron chi connectivity index (χ4n) is 3.19. The Morgan fingerprint density at radius 2 is 2.14 bits per heavy atom. The molecule has 2 fully saturated rings. The van der Waals surface area contributed by atoms with Crippen molar-refractivity contribution in [3.63, 3.8) is 0 Å². The number of carbonyl (C=O) groups is 2. The van der Waals surface area contributed by atoms with Crippen LogP contribution in [0.2, 0.25) is 0 Å². The number of likely N-dealkylation sites (tertiary alicyclic amines) is 1. The summed E-state index contributed by atoms with van der Waals surface area (Å²) in [6, 6.07) is -0.00793. The number of hydrogen-bond acceptors (Lipinski definition) is 3. The molecule has 3 atom stereocenters. The van der Waals surface area contributed by atoms with Crippen LogP contribution in [-0.2, 0) is 9.59 Å². The van der Waals surface area contributed by atoms with Crippen molar-refractivity contribution in [3.05, 3.63) is 0 Å². The molecular formula is C16H29N3O2. The lowest BCUT2D eigenvalue weighted by Gasteiger charge is -2.34. The second kappa shape index (κ2) is 7.78. The first-order chi connectivity index (χ1) is 10.1. The average Bonchev–Trinajstić information content (AvgIpc) is 3.05. The summed E-state index contributed by atoms with van der Waals surface area (Å²) in [7, 11) is 0. The molecule has 2 amide bonds. The summed E-state index contributed by atoms with van der Waals surface area (Å²) in [5, 5.41) is 6.27. The first kappa shape index (κ1) is 16.3. The molecule has 0 radical (unpaired) electrons. The Balaban J connectivity index is 1.76. The minimum absolute atomic E-state index is 0.00793. The zero-order chi connectivity index (χ0) is 15.2. The third-order valence-corrected chi connectivity index (χ3v) is 4.81. The highest BCUT2D eigenvalue weighted by atomic mass is 16.2. The van der Waals surface area contributed by atoms with Gasteiger partial charge in [-0.1, -0.05) is 13.8 Å². The van der Waals surface area contributed by atoms with Crippen LogP contribution in [0.25, 0.3) is 0 Å². The minimum atomic E-state index is -0.00793. The van der Waals surface area contributed by atoms with E-state index in [-0.39, 0.29) is 23.8 Å². The van der Waals surface area contributed by atoms with E-state index in [2.05, 4.69) is 17.6 Å². The van der Waals surface area contributed by atoms with Gasteiger partial charge >= 0.3 is 0 Å². The second-order valence-electron chi connectivity index (χ2n) is 6.50. The molecule has 2 heterocycles. The molecule has 2 N–H and O–H groups in total. The lowest BCUT2D eigenvalue weighted by Crippen LogP contribution is -2.47. The Morgan fingerprint density at radius 3 is 2.81 bits per heavy atom. The van der Waals surface area contributed by atoms with E-state index in [1.165, 1.54) is 0 Å². The highest BCUT2D eigenvalue weighted by molar-refractivity contribution is 5.82. The molecular weight excluding hydrogens is 266 g/mol. The normalized spacial score (nSPS) is 27.4. The molecule has 2 saturated heterocycles. The molecule has 2 aliphatic rings. The Morgan fingerprint density at radius 1 is 1.33 bits per heavy atom. The van der Waals surface area contributed by atoms with Crippen molar-refractivity contribution < 1.29 is 9.59 Å². The summed E-state index contributed by atoms with van der Waals surface area (Å²) < 4.78 is 0. The van der Waals surface area contributed by atoms with Gasteiger partial charge in [-0.3, -0.25) is 9.59 Å². The van der Waals surface area contributed by atoms with Gasteiger partial charge in [-0.15, -0.1) is 0 Å². The van der Waals surface area contributed by atoms with Crippen molar-refractivity contribution >= 4 is 11.8 Å². The van der Waals surface area contributed by atoms with Crippen LogP contribution >= 0.6 is 0 Å². The maximum absolute atomic E-state index is 12.3. The number of nitrogens with zero attached hydrogens (tertiary/aromatic N) is 1. The Bertz CT molecular complexity index is 367. The van der Waals surface area contributed by atoms with E-state index in [9.17, 15) is 9.59 Å². The largest absolute Gasteiger partial charge is 0.354 e. The van der Waals surface area contributed by atoms with Crippen molar-refractivity contribution in [1.82, 2.24) is 15.5 Å². The highest BCUT2D eigenvalue weighted by Crippen LogP contribution is 2.19. The highest BCUT2D eigenvalue weighted by Gasteiger charge is 2.27. The van der Waals surface area contributed by atoms with E-state index < -0.39 is 0 Å². The van der Waals surface area contributed by atoms with Gasteiger partial charge in [0, 0.05) is 25.6 Å². The zero-order valence-corrected chi connectivity index (χ0v) is 13.4. The molecule has 0 saturated carbocycles. The molecule has 5 nitrogen and oxygen atoms in total. The minimum Gasteiger partial charge on any atom is -0.354 e. The Labute approximate surface area is 127 Å². The van der Waals surface area contributed by atoms with Crippen LogP contribution in [0.4, 0.5) is 0 Å².